The van der Waals surface area contributed by atoms with Gasteiger partial charge >= 0.3 is 5.97 Å². The molecule has 0 aliphatic carbocycles. The van der Waals surface area contributed by atoms with Crippen molar-refractivity contribution in [3.8, 4) is 0 Å². The van der Waals surface area contributed by atoms with Gasteiger partial charge in [0.25, 0.3) is 0 Å². The smallest absolute Gasteiger partial charge is 0.356 e. The zero-order valence-corrected chi connectivity index (χ0v) is 10.8. The molecule has 0 unspecified atom stereocenters. The van der Waals surface area contributed by atoms with Crippen molar-refractivity contribution in [1.82, 2.24) is 9.97 Å². The largest absolute Gasteiger partial charge is 0.476 e. The summed E-state index contributed by atoms with van der Waals surface area (Å²) in [6.07, 6.45) is 2.54. The van der Waals surface area contributed by atoms with Gasteiger partial charge in [0.1, 0.15) is 5.82 Å². The average Bonchev–Trinajstić information content (AvgIpc) is 2.28. The third kappa shape index (κ3) is 3.15. The van der Waals surface area contributed by atoms with Crippen molar-refractivity contribution < 1.29 is 9.90 Å². The van der Waals surface area contributed by atoms with Crippen molar-refractivity contribution in [1.29, 1.82) is 0 Å². The fourth-order valence-electron chi connectivity index (χ4n) is 1.56. The zero-order chi connectivity index (χ0) is 13.0. The molecule has 1 aromatic heterocycles. The summed E-state index contributed by atoms with van der Waals surface area (Å²) in [5, 5.41) is 9.17. The summed E-state index contributed by atoms with van der Waals surface area (Å²) in [4.78, 5) is 21.4. The molecule has 0 spiro atoms. The molecule has 5 heteroatoms. The third-order valence-electron chi connectivity index (χ3n) is 2.48. The molecule has 0 amide bonds. The fraction of sp³-hybridized carbons (Fsp3) is 0.583. The Morgan fingerprint density at radius 2 is 2.18 bits per heavy atom. The van der Waals surface area contributed by atoms with Gasteiger partial charge in [0.2, 0.25) is 0 Å². The van der Waals surface area contributed by atoms with Crippen LogP contribution in [0.4, 0.5) is 5.69 Å². The van der Waals surface area contributed by atoms with Crippen LogP contribution in [-0.4, -0.2) is 34.6 Å². The Hall–Kier alpha value is -1.65. The molecule has 94 valence electrons. The summed E-state index contributed by atoms with van der Waals surface area (Å²) >= 11 is 0. The molecule has 1 N–H and O–H groups in total. The predicted octanol–water partition coefficient (Wildman–Crippen LogP) is 2.14. The van der Waals surface area contributed by atoms with Crippen molar-refractivity contribution in [2.45, 2.75) is 33.1 Å². The monoisotopic (exact) mass is 237 g/mol. The maximum Gasteiger partial charge on any atom is 0.356 e. The van der Waals surface area contributed by atoms with Gasteiger partial charge in [-0.15, -0.1) is 0 Å². The van der Waals surface area contributed by atoms with Crippen molar-refractivity contribution in [3.63, 3.8) is 0 Å². The molecule has 0 bridgehead atoms. The number of carboxylic acids is 1. The quantitative estimate of drug-likeness (QED) is 0.849. The molecule has 1 heterocycles. The van der Waals surface area contributed by atoms with Gasteiger partial charge in [-0.3, -0.25) is 0 Å². The first kappa shape index (κ1) is 13.4. The third-order valence-corrected chi connectivity index (χ3v) is 2.48. The lowest BCUT2D eigenvalue weighted by molar-refractivity contribution is 0.0690. The molecular weight excluding hydrogens is 218 g/mol. The Morgan fingerprint density at radius 1 is 1.53 bits per heavy atom. The van der Waals surface area contributed by atoms with Crippen LogP contribution >= 0.6 is 0 Å². The van der Waals surface area contributed by atoms with E-state index >= 15 is 0 Å². The van der Waals surface area contributed by atoms with Crippen LogP contribution in [0.2, 0.25) is 0 Å². The van der Waals surface area contributed by atoms with Gasteiger partial charge in [-0.1, -0.05) is 20.8 Å². The van der Waals surface area contributed by atoms with Crippen LogP contribution in [0.5, 0.6) is 0 Å². The van der Waals surface area contributed by atoms with E-state index in [1.54, 1.807) is 6.20 Å². The number of hydrogen-bond donors (Lipinski definition) is 1. The van der Waals surface area contributed by atoms with Crippen molar-refractivity contribution in [2.24, 2.45) is 0 Å². The van der Waals surface area contributed by atoms with Gasteiger partial charge in [0, 0.05) is 19.5 Å². The molecule has 0 saturated heterocycles. The summed E-state index contributed by atoms with van der Waals surface area (Å²) in [6.45, 7) is 6.71. The average molecular weight is 237 g/mol. The lowest BCUT2D eigenvalue weighted by Gasteiger charge is -2.20. The minimum Gasteiger partial charge on any atom is -0.476 e. The van der Waals surface area contributed by atoms with E-state index in [1.807, 2.05) is 32.7 Å². The Kier molecular flexibility index (Phi) is 4.43. The van der Waals surface area contributed by atoms with Crippen LogP contribution in [0.15, 0.2) is 6.20 Å². The summed E-state index contributed by atoms with van der Waals surface area (Å²) in [5.41, 5.74) is 0.656. The van der Waals surface area contributed by atoms with Gasteiger partial charge in [0.15, 0.2) is 5.69 Å². The Labute approximate surface area is 102 Å². The second-order valence-corrected chi connectivity index (χ2v) is 4.34. The second kappa shape index (κ2) is 5.61. The molecule has 0 saturated carbocycles. The SMILES string of the molecule is CCCN(C)c1cnc(C(C)C)nc1C(=O)O. The summed E-state index contributed by atoms with van der Waals surface area (Å²) in [5.74, 6) is -0.318. The Morgan fingerprint density at radius 3 is 2.65 bits per heavy atom. The Balaban J connectivity index is 3.17. The summed E-state index contributed by atoms with van der Waals surface area (Å²) < 4.78 is 0. The van der Waals surface area contributed by atoms with Gasteiger partial charge in [-0.2, -0.15) is 0 Å². The molecule has 0 radical (unpaired) electrons. The number of aromatic carboxylic acids is 1. The molecule has 0 aliphatic rings. The van der Waals surface area contributed by atoms with E-state index in [9.17, 15) is 9.90 Å². The van der Waals surface area contributed by atoms with Crippen molar-refractivity contribution >= 4 is 11.7 Å². The molecule has 0 fully saturated rings. The van der Waals surface area contributed by atoms with E-state index in [0.717, 1.165) is 13.0 Å². The van der Waals surface area contributed by atoms with Crippen LogP contribution in [-0.2, 0) is 0 Å². The van der Waals surface area contributed by atoms with E-state index in [4.69, 9.17) is 0 Å². The van der Waals surface area contributed by atoms with Gasteiger partial charge in [-0.05, 0) is 6.42 Å². The first-order valence-electron chi connectivity index (χ1n) is 5.78. The number of carboxylic acid groups (broad SMARTS) is 1. The number of anilines is 1. The number of rotatable bonds is 5. The maximum atomic E-state index is 11.2. The minimum absolute atomic E-state index is 0.0830. The molecule has 5 nitrogen and oxygen atoms in total. The van der Waals surface area contributed by atoms with E-state index in [0.29, 0.717) is 11.5 Å². The van der Waals surface area contributed by atoms with Crippen LogP contribution in [0.3, 0.4) is 0 Å². The molecule has 17 heavy (non-hydrogen) atoms. The van der Waals surface area contributed by atoms with E-state index < -0.39 is 5.97 Å². The molecule has 0 aliphatic heterocycles. The number of aromatic nitrogens is 2. The maximum absolute atomic E-state index is 11.2. The highest BCUT2D eigenvalue weighted by Gasteiger charge is 2.17. The minimum atomic E-state index is -1.01. The van der Waals surface area contributed by atoms with E-state index in [-0.39, 0.29) is 11.6 Å². The molecule has 0 atom stereocenters. The second-order valence-electron chi connectivity index (χ2n) is 4.34. The summed E-state index contributed by atoms with van der Waals surface area (Å²) in [6, 6.07) is 0. The normalized spacial score (nSPS) is 10.6. The Bertz CT molecular complexity index is 405. The fourth-order valence-corrected chi connectivity index (χ4v) is 1.56. The van der Waals surface area contributed by atoms with Crippen LogP contribution in [0.1, 0.15) is 49.4 Å². The number of carbonyl (C=O) groups is 1. The van der Waals surface area contributed by atoms with Gasteiger partial charge in [-0.25, -0.2) is 14.8 Å². The summed E-state index contributed by atoms with van der Waals surface area (Å²) in [7, 11) is 1.85. The first-order valence-corrected chi connectivity index (χ1v) is 5.78. The topological polar surface area (TPSA) is 66.3 Å². The molecule has 1 rings (SSSR count). The lowest BCUT2D eigenvalue weighted by atomic mass is 10.2. The lowest BCUT2D eigenvalue weighted by Crippen LogP contribution is -2.22. The van der Waals surface area contributed by atoms with E-state index in [2.05, 4.69) is 9.97 Å². The predicted molar refractivity (Wildman–Crippen MR) is 66.6 cm³/mol. The first-order chi connectivity index (χ1) is 7.97. The highest BCUT2D eigenvalue weighted by atomic mass is 16.4. The molecule has 1 aromatic rings. The standard InChI is InChI=1S/C12H19N3O2/c1-5-6-15(4)9-7-13-11(8(2)3)14-10(9)12(16)17/h7-8H,5-6H2,1-4H3,(H,16,17). The van der Waals surface area contributed by atoms with Crippen LogP contribution in [0, 0.1) is 0 Å². The molecule has 0 aromatic carbocycles. The zero-order valence-electron chi connectivity index (χ0n) is 10.8. The highest BCUT2D eigenvalue weighted by molar-refractivity contribution is 5.91. The van der Waals surface area contributed by atoms with Crippen LogP contribution < -0.4 is 4.90 Å². The molecular formula is C12H19N3O2. The van der Waals surface area contributed by atoms with Gasteiger partial charge < -0.3 is 10.0 Å². The van der Waals surface area contributed by atoms with Crippen LogP contribution in [0.25, 0.3) is 0 Å². The highest BCUT2D eigenvalue weighted by Crippen LogP contribution is 2.19. The number of nitrogens with zero attached hydrogens (tertiary/aromatic N) is 3. The van der Waals surface area contributed by atoms with Crippen molar-refractivity contribution in [2.75, 3.05) is 18.5 Å². The van der Waals surface area contributed by atoms with E-state index in [1.165, 1.54) is 0 Å². The number of hydrogen-bond acceptors (Lipinski definition) is 4. The van der Waals surface area contributed by atoms with Gasteiger partial charge in [0.05, 0.1) is 11.9 Å². The van der Waals surface area contributed by atoms with Crippen molar-refractivity contribution in [3.05, 3.63) is 17.7 Å².